The molecule has 84 valence electrons. The molecule has 0 saturated heterocycles. The van der Waals surface area contributed by atoms with Crippen LogP contribution in [0.15, 0.2) is 18.2 Å². The quantitative estimate of drug-likeness (QED) is 0.849. The SMILES string of the molecule is CNC(Cc1cc(Cl)ccc1F)C(F)F. The van der Waals surface area contributed by atoms with Crippen LogP contribution < -0.4 is 5.32 Å². The van der Waals surface area contributed by atoms with Crippen LogP contribution in [0.3, 0.4) is 0 Å². The van der Waals surface area contributed by atoms with E-state index in [2.05, 4.69) is 5.32 Å². The molecule has 1 aromatic carbocycles. The van der Waals surface area contributed by atoms with E-state index >= 15 is 0 Å². The smallest absolute Gasteiger partial charge is 0.254 e. The molecule has 1 N–H and O–H groups in total. The minimum Gasteiger partial charge on any atom is -0.312 e. The molecule has 1 nitrogen and oxygen atoms in total. The van der Waals surface area contributed by atoms with E-state index in [1.165, 1.54) is 25.2 Å². The number of likely N-dealkylation sites (N-methyl/N-ethyl adjacent to an activating group) is 1. The average Bonchev–Trinajstić information content (AvgIpc) is 2.18. The molecule has 0 aliphatic rings. The van der Waals surface area contributed by atoms with Gasteiger partial charge in [-0.15, -0.1) is 0 Å². The van der Waals surface area contributed by atoms with Crippen LogP contribution in [0.5, 0.6) is 0 Å². The highest BCUT2D eigenvalue weighted by atomic mass is 35.5. The largest absolute Gasteiger partial charge is 0.312 e. The van der Waals surface area contributed by atoms with Gasteiger partial charge in [-0.2, -0.15) is 0 Å². The van der Waals surface area contributed by atoms with Crippen molar-refractivity contribution in [3.8, 4) is 0 Å². The summed E-state index contributed by atoms with van der Waals surface area (Å²) < 4.78 is 38.0. The summed E-state index contributed by atoms with van der Waals surface area (Å²) in [7, 11) is 1.42. The van der Waals surface area contributed by atoms with Crippen molar-refractivity contribution < 1.29 is 13.2 Å². The fraction of sp³-hybridized carbons (Fsp3) is 0.400. The monoisotopic (exact) mass is 237 g/mol. The molecule has 15 heavy (non-hydrogen) atoms. The van der Waals surface area contributed by atoms with Crippen molar-refractivity contribution in [1.82, 2.24) is 5.32 Å². The molecule has 0 aromatic heterocycles. The predicted octanol–water partition coefficient (Wildman–Crippen LogP) is 2.87. The number of hydrogen-bond acceptors (Lipinski definition) is 1. The van der Waals surface area contributed by atoms with Gasteiger partial charge in [0.1, 0.15) is 5.82 Å². The molecule has 1 atom stereocenters. The topological polar surface area (TPSA) is 12.0 Å². The van der Waals surface area contributed by atoms with E-state index in [4.69, 9.17) is 11.6 Å². The first-order valence-electron chi connectivity index (χ1n) is 4.44. The summed E-state index contributed by atoms with van der Waals surface area (Å²) in [6.45, 7) is 0. The lowest BCUT2D eigenvalue weighted by atomic mass is 10.1. The van der Waals surface area contributed by atoms with Gasteiger partial charge >= 0.3 is 0 Å². The molecule has 0 heterocycles. The Morgan fingerprint density at radius 3 is 2.60 bits per heavy atom. The highest BCUT2D eigenvalue weighted by Crippen LogP contribution is 2.18. The number of rotatable bonds is 4. The summed E-state index contributed by atoms with van der Waals surface area (Å²) in [5, 5.41) is 2.78. The average molecular weight is 238 g/mol. The molecule has 0 fully saturated rings. The lowest BCUT2D eigenvalue weighted by Crippen LogP contribution is -2.34. The Balaban J connectivity index is 2.82. The summed E-state index contributed by atoms with van der Waals surface area (Å²) in [5.41, 5.74) is 0.196. The van der Waals surface area contributed by atoms with Crippen LogP contribution in [0.25, 0.3) is 0 Å². The van der Waals surface area contributed by atoms with Gasteiger partial charge in [-0.25, -0.2) is 13.2 Å². The Morgan fingerprint density at radius 1 is 1.40 bits per heavy atom. The van der Waals surface area contributed by atoms with Gasteiger partial charge < -0.3 is 5.32 Å². The molecular weight excluding hydrogens is 227 g/mol. The van der Waals surface area contributed by atoms with Gasteiger partial charge in [-0.05, 0) is 37.2 Å². The van der Waals surface area contributed by atoms with Gasteiger partial charge in [0.05, 0.1) is 6.04 Å². The normalized spacial score (nSPS) is 13.2. The van der Waals surface area contributed by atoms with Crippen molar-refractivity contribution >= 4 is 11.6 Å². The number of benzene rings is 1. The molecule has 0 spiro atoms. The van der Waals surface area contributed by atoms with E-state index in [1.807, 2.05) is 0 Å². The molecule has 0 aliphatic carbocycles. The van der Waals surface area contributed by atoms with Crippen LogP contribution in [0.4, 0.5) is 13.2 Å². The van der Waals surface area contributed by atoms with E-state index < -0.39 is 18.3 Å². The second-order valence-corrected chi connectivity index (χ2v) is 3.61. The van der Waals surface area contributed by atoms with Crippen molar-refractivity contribution in [2.24, 2.45) is 0 Å². The molecule has 1 unspecified atom stereocenters. The molecule has 0 aliphatic heterocycles. The van der Waals surface area contributed by atoms with Gasteiger partial charge in [-0.1, -0.05) is 11.6 Å². The molecule has 0 saturated carbocycles. The maximum Gasteiger partial charge on any atom is 0.254 e. The Bertz CT molecular complexity index is 330. The minimum absolute atomic E-state index is 0.0828. The molecule has 0 bridgehead atoms. The van der Waals surface area contributed by atoms with Crippen LogP contribution in [-0.4, -0.2) is 19.5 Å². The molecule has 5 heteroatoms. The summed E-state index contributed by atoms with van der Waals surface area (Å²) >= 11 is 5.65. The first-order chi connectivity index (χ1) is 7.04. The maximum absolute atomic E-state index is 13.2. The third-order valence-electron chi connectivity index (χ3n) is 2.12. The zero-order chi connectivity index (χ0) is 11.4. The van der Waals surface area contributed by atoms with Crippen LogP contribution in [0.1, 0.15) is 5.56 Å². The van der Waals surface area contributed by atoms with Gasteiger partial charge in [0.25, 0.3) is 6.43 Å². The Morgan fingerprint density at radius 2 is 2.07 bits per heavy atom. The Labute approximate surface area is 91.2 Å². The Hall–Kier alpha value is -0.740. The van der Waals surface area contributed by atoms with Crippen LogP contribution >= 0.6 is 11.6 Å². The summed E-state index contributed by atoms with van der Waals surface area (Å²) in [6.07, 6.45) is -2.62. The van der Waals surface area contributed by atoms with Crippen LogP contribution in [0, 0.1) is 5.82 Å². The second kappa shape index (κ2) is 5.37. The fourth-order valence-corrected chi connectivity index (χ4v) is 1.45. The second-order valence-electron chi connectivity index (χ2n) is 3.17. The molecule has 1 aromatic rings. The van der Waals surface area contributed by atoms with Gasteiger partial charge in [0, 0.05) is 5.02 Å². The number of nitrogens with one attached hydrogen (secondary N) is 1. The van der Waals surface area contributed by atoms with E-state index in [1.54, 1.807) is 0 Å². The third-order valence-corrected chi connectivity index (χ3v) is 2.36. The highest BCUT2D eigenvalue weighted by molar-refractivity contribution is 6.30. The highest BCUT2D eigenvalue weighted by Gasteiger charge is 2.20. The number of hydrogen-bond donors (Lipinski definition) is 1. The van der Waals surface area contributed by atoms with Crippen LogP contribution in [0.2, 0.25) is 5.02 Å². The van der Waals surface area contributed by atoms with Crippen molar-refractivity contribution in [3.05, 3.63) is 34.6 Å². The van der Waals surface area contributed by atoms with Gasteiger partial charge in [0.15, 0.2) is 0 Å². The standard InChI is InChI=1S/C10H11ClF3N/c1-15-9(10(13)14)5-6-4-7(11)2-3-8(6)12/h2-4,9-10,15H,5H2,1H3. The van der Waals surface area contributed by atoms with Gasteiger partial charge in [0.2, 0.25) is 0 Å². The summed E-state index contributed by atoms with van der Waals surface area (Å²) in [4.78, 5) is 0. The minimum atomic E-state index is -2.53. The van der Waals surface area contributed by atoms with E-state index in [9.17, 15) is 13.2 Å². The first-order valence-corrected chi connectivity index (χ1v) is 4.81. The van der Waals surface area contributed by atoms with E-state index in [0.29, 0.717) is 5.02 Å². The lowest BCUT2D eigenvalue weighted by molar-refractivity contribution is 0.102. The summed E-state index contributed by atoms with van der Waals surface area (Å²) in [6, 6.07) is 2.87. The zero-order valence-electron chi connectivity index (χ0n) is 8.11. The molecule has 0 amide bonds. The predicted molar refractivity (Wildman–Crippen MR) is 54.0 cm³/mol. The van der Waals surface area contributed by atoms with Crippen molar-refractivity contribution in [1.29, 1.82) is 0 Å². The third kappa shape index (κ3) is 3.39. The molecule has 1 rings (SSSR count). The van der Waals surface area contributed by atoms with E-state index in [-0.39, 0.29) is 12.0 Å². The zero-order valence-corrected chi connectivity index (χ0v) is 8.86. The first kappa shape index (κ1) is 12.3. The van der Waals surface area contributed by atoms with Crippen molar-refractivity contribution in [2.45, 2.75) is 18.9 Å². The van der Waals surface area contributed by atoms with Crippen LogP contribution in [-0.2, 0) is 6.42 Å². The summed E-state index contributed by atoms with van der Waals surface area (Å²) in [5.74, 6) is -0.514. The molecule has 0 radical (unpaired) electrons. The Kier molecular flexibility index (Phi) is 4.42. The molecular formula is C10H11ClF3N. The van der Waals surface area contributed by atoms with Crippen molar-refractivity contribution in [3.63, 3.8) is 0 Å². The maximum atomic E-state index is 13.2. The fourth-order valence-electron chi connectivity index (χ4n) is 1.25. The lowest BCUT2D eigenvalue weighted by Gasteiger charge is -2.15. The van der Waals surface area contributed by atoms with Crippen molar-refractivity contribution in [2.75, 3.05) is 7.05 Å². The van der Waals surface area contributed by atoms with E-state index in [0.717, 1.165) is 0 Å². The van der Waals surface area contributed by atoms with Gasteiger partial charge in [-0.3, -0.25) is 0 Å². The number of alkyl halides is 2. The number of halogens is 4.